The van der Waals surface area contributed by atoms with Crippen LogP contribution in [0.2, 0.25) is 0 Å². The second-order valence-electron chi connectivity index (χ2n) is 5.18. The molecular formula is C14H21NO2. The minimum absolute atomic E-state index is 0.113. The summed E-state index contributed by atoms with van der Waals surface area (Å²) >= 11 is 0. The van der Waals surface area contributed by atoms with E-state index in [4.69, 9.17) is 10.5 Å². The van der Waals surface area contributed by atoms with Crippen molar-refractivity contribution in [1.82, 2.24) is 0 Å². The Labute approximate surface area is 103 Å². The van der Waals surface area contributed by atoms with Gasteiger partial charge in [0.1, 0.15) is 0 Å². The van der Waals surface area contributed by atoms with Gasteiger partial charge in [0, 0.05) is 6.54 Å². The summed E-state index contributed by atoms with van der Waals surface area (Å²) in [4.78, 5) is 11.5. The highest BCUT2D eigenvalue weighted by Gasteiger charge is 2.20. The van der Waals surface area contributed by atoms with Crippen molar-refractivity contribution >= 4 is 5.97 Å². The third-order valence-corrected chi connectivity index (χ3v) is 2.90. The smallest absolute Gasteiger partial charge is 0.314 e. The molecule has 3 heteroatoms. The fourth-order valence-electron chi connectivity index (χ4n) is 1.73. The van der Waals surface area contributed by atoms with Crippen molar-refractivity contribution in [2.24, 2.45) is 5.73 Å². The van der Waals surface area contributed by atoms with Gasteiger partial charge in [0.05, 0.1) is 13.0 Å². The standard InChI is InChI=1S/C14H21NO2/c1-14(2,3)11-7-5-10(6-8-11)12(9-15)13(16)17-4/h5-8,12H,9,15H2,1-4H3. The van der Waals surface area contributed by atoms with Crippen LogP contribution in [0.4, 0.5) is 0 Å². The molecule has 0 saturated heterocycles. The van der Waals surface area contributed by atoms with Gasteiger partial charge in [-0.2, -0.15) is 0 Å². The third-order valence-electron chi connectivity index (χ3n) is 2.90. The van der Waals surface area contributed by atoms with Crippen LogP contribution in [0.3, 0.4) is 0 Å². The zero-order valence-corrected chi connectivity index (χ0v) is 11.0. The minimum Gasteiger partial charge on any atom is -0.469 e. The van der Waals surface area contributed by atoms with Gasteiger partial charge in [-0.05, 0) is 16.5 Å². The number of rotatable bonds is 3. The van der Waals surface area contributed by atoms with Crippen molar-refractivity contribution in [2.45, 2.75) is 32.1 Å². The first kappa shape index (κ1) is 13.7. The Kier molecular flexibility index (Phi) is 4.29. The van der Waals surface area contributed by atoms with Crippen LogP contribution in [0.25, 0.3) is 0 Å². The average Bonchev–Trinajstić information content (AvgIpc) is 2.29. The van der Waals surface area contributed by atoms with Crippen molar-refractivity contribution in [3.8, 4) is 0 Å². The van der Waals surface area contributed by atoms with E-state index in [1.807, 2.05) is 24.3 Å². The lowest BCUT2D eigenvalue weighted by Gasteiger charge is -2.20. The molecule has 1 unspecified atom stereocenters. The topological polar surface area (TPSA) is 52.3 Å². The number of nitrogens with two attached hydrogens (primary N) is 1. The van der Waals surface area contributed by atoms with E-state index in [0.29, 0.717) is 0 Å². The number of methoxy groups -OCH3 is 1. The molecule has 0 radical (unpaired) electrons. The first-order valence-corrected chi connectivity index (χ1v) is 5.78. The molecule has 0 aliphatic rings. The van der Waals surface area contributed by atoms with Crippen LogP contribution < -0.4 is 5.73 Å². The molecule has 0 spiro atoms. The summed E-state index contributed by atoms with van der Waals surface area (Å²) in [5.41, 5.74) is 7.86. The zero-order valence-electron chi connectivity index (χ0n) is 11.0. The molecule has 0 fully saturated rings. The van der Waals surface area contributed by atoms with Gasteiger partial charge in [-0.15, -0.1) is 0 Å². The van der Waals surface area contributed by atoms with Crippen molar-refractivity contribution in [3.63, 3.8) is 0 Å². The van der Waals surface area contributed by atoms with Crippen molar-refractivity contribution in [2.75, 3.05) is 13.7 Å². The molecule has 1 atom stereocenters. The molecule has 1 aromatic carbocycles. The van der Waals surface area contributed by atoms with Gasteiger partial charge in [0.25, 0.3) is 0 Å². The number of benzene rings is 1. The Morgan fingerprint density at radius 3 is 2.18 bits per heavy atom. The van der Waals surface area contributed by atoms with Crippen LogP contribution in [0.1, 0.15) is 37.8 Å². The summed E-state index contributed by atoms with van der Waals surface area (Å²) in [5.74, 6) is -0.648. The summed E-state index contributed by atoms with van der Waals surface area (Å²) in [6.45, 7) is 6.73. The molecule has 3 nitrogen and oxygen atoms in total. The lowest BCUT2D eigenvalue weighted by molar-refractivity contribution is -0.142. The molecule has 0 saturated carbocycles. The lowest BCUT2D eigenvalue weighted by Crippen LogP contribution is -2.23. The van der Waals surface area contributed by atoms with E-state index in [-0.39, 0.29) is 23.8 Å². The zero-order chi connectivity index (χ0) is 13.1. The fourth-order valence-corrected chi connectivity index (χ4v) is 1.73. The minimum atomic E-state index is -0.367. The molecule has 94 valence electrons. The van der Waals surface area contributed by atoms with E-state index >= 15 is 0 Å². The van der Waals surface area contributed by atoms with Crippen molar-refractivity contribution in [3.05, 3.63) is 35.4 Å². The van der Waals surface area contributed by atoms with Crippen LogP contribution in [-0.2, 0) is 14.9 Å². The van der Waals surface area contributed by atoms with E-state index in [1.165, 1.54) is 12.7 Å². The molecule has 0 aliphatic heterocycles. The highest BCUT2D eigenvalue weighted by molar-refractivity contribution is 5.78. The number of hydrogen-bond acceptors (Lipinski definition) is 3. The second-order valence-corrected chi connectivity index (χ2v) is 5.18. The Morgan fingerprint density at radius 2 is 1.82 bits per heavy atom. The number of ether oxygens (including phenoxy) is 1. The van der Waals surface area contributed by atoms with Crippen molar-refractivity contribution in [1.29, 1.82) is 0 Å². The maximum Gasteiger partial charge on any atom is 0.314 e. The SMILES string of the molecule is COC(=O)C(CN)c1ccc(C(C)(C)C)cc1. The number of carbonyl (C=O) groups is 1. The van der Waals surface area contributed by atoms with Gasteiger partial charge >= 0.3 is 5.97 Å². The molecule has 0 heterocycles. The van der Waals surface area contributed by atoms with E-state index in [1.54, 1.807) is 0 Å². The molecule has 1 rings (SSSR count). The first-order chi connectivity index (χ1) is 7.90. The third kappa shape index (κ3) is 3.30. The normalized spacial score (nSPS) is 13.2. The number of carbonyl (C=O) groups excluding carboxylic acids is 1. The molecule has 0 amide bonds. The predicted molar refractivity (Wildman–Crippen MR) is 69.0 cm³/mol. The summed E-state index contributed by atoms with van der Waals surface area (Å²) < 4.78 is 4.74. The largest absolute Gasteiger partial charge is 0.469 e. The molecule has 0 bridgehead atoms. The Balaban J connectivity index is 2.97. The molecule has 0 aromatic heterocycles. The fraction of sp³-hybridized carbons (Fsp3) is 0.500. The first-order valence-electron chi connectivity index (χ1n) is 5.78. The van der Waals surface area contributed by atoms with Crippen LogP contribution in [0, 0.1) is 0 Å². The van der Waals surface area contributed by atoms with Gasteiger partial charge in [-0.3, -0.25) is 4.79 Å². The number of esters is 1. The van der Waals surface area contributed by atoms with Crippen molar-refractivity contribution < 1.29 is 9.53 Å². The van der Waals surface area contributed by atoms with Gasteiger partial charge in [0.15, 0.2) is 0 Å². The van der Waals surface area contributed by atoms with Gasteiger partial charge < -0.3 is 10.5 Å². The molecule has 2 N–H and O–H groups in total. The van der Waals surface area contributed by atoms with Crippen LogP contribution in [0.5, 0.6) is 0 Å². The average molecular weight is 235 g/mol. The van der Waals surface area contributed by atoms with Crippen LogP contribution in [0.15, 0.2) is 24.3 Å². The Morgan fingerprint density at radius 1 is 1.29 bits per heavy atom. The van der Waals surface area contributed by atoms with E-state index < -0.39 is 0 Å². The molecule has 17 heavy (non-hydrogen) atoms. The molecule has 1 aromatic rings. The molecule has 0 aliphatic carbocycles. The quantitative estimate of drug-likeness (QED) is 0.817. The van der Waals surface area contributed by atoms with E-state index in [0.717, 1.165) is 5.56 Å². The van der Waals surface area contributed by atoms with Gasteiger partial charge in [-0.1, -0.05) is 45.0 Å². The highest BCUT2D eigenvalue weighted by atomic mass is 16.5. The summed E-state index contributed by atoms with van der Waals surface area (Å²) in [6.07, 6.45) is 0. The summed E-state index contributed by atoms with van der Waals surface area (Å²) in [7, 11) is 1.38. The second kappa shape index (κ2) is 5.32. The summed E-state index contributed by atoms with van der Waals surface area (Å²) in [5, 5.41) is 0. The summed E-state index contributed by atoms with van der Waals surface area (Å²) in [6, 6.07) is 7.99. The van der Waals surface area contributed by atoms with Crippen LogP contribution >= 0.6 is 0 Å². The monoisotopic (exact) mass is 235 g/mol. The lowest BCUT2D eigenvalue weighted by atomic mass is 9.85. The van der Waals surface area contributed by atoms with Crippen LogP contribution in [-0.4, -0.2) is 19.6 Å². The molecular weight excluding hydrogens is 214 g/mol. The Bertz CT molecular complexity index is 376. The van der Waals surface area contributed by atoms with Gasteiger partial charge in [-0.25, -0.2) is 0 Å². The van der Waals surface area contributed by atoms with Gasteiger partial charge in [0.2, 0.25) is 0 Å². The van der Waals surface area contributed by atoms with E-state index in [9.17, 15) is 4.79 Å². The van der Waals surface area contributed by atoms with E-state index in [2.05, 4.69) is 20.8 Å². The maximum atomic E-state index is 11.5. The number of hydrogen-bond donors (Lipinski definition) is 1. The maximum absolute atomic E-state index is 11.5. The highest BCUT2D eigenvalue weighted by Crippen LogP contribution is 2.24. The Hall–Kier alpha value is -1.35. The predicted octanol–water partition coefficient (Wildman–Crippen LogP) is 2.20.